The lowest BCUT2D eigenvalue weighted by molar-refractivity contribution is 0.0863. The normalized spacial score (nSPS) is 37.0. The highest BCUT2D eigenvalue weighted by molar-refractivity contribution is 8.00. The highest BCUT2D eigenvalue weighted by atomic mass is 32.2. The zero-order valence-electron chi connectivity index (χ0n) is 12.7. The molecule has 0 bridgehead atoms. The van der Waals surface area contributed by atoms with E-state index in [1.807, 2.05) is 0 Å². The van der Waals surface area contributed by atoms with Gasteiger partial charge < -0.3 is 5.73 Å². The summed E-state index contributed by atoms with van der Waals surface area (Å²) >= 11 is 1.75. The number of nitrogens with two attached hydrogens (primary N) is 1. The first-order valence-electron chi connectivity index (χ1n) is 7.57. The third-order valence-electron chi connectivity index (χ3n) is 4.84. The van der Waals surface area contributed by atoms with Crippen molar-refractivity contribution in [2.75, 3.05) is 37.4 Å². The molecule has 1 aliphatic heterocycles. The van der Waals surface area contributed by atoms with Crippen LogP contribution in [-0.4, -0.2) is 56.1 Å². The Morgan fingerprint density at radius 2 is 2.20 bits per heavy atom. The Labute approximate surface area is 127 Å². The molecule has 1 saturated heterocycles. The Morgan fingerprint density at radius 3 is 2.80 bits per heavy atom. The molecule has 0 aromatic heterocycles. The van der Waals surface area contributed by atoms with Gasteiger partial charge in [0, 0.05) is 30.9 Å². The molecule has 3 unspecified atom stereocenters. The minimum Gasteiger partial charge on any atom is -0.330 e. The van der Waals surface area contributed by atoms with Gasteiger partial charge in [0.15, 0.2) is 9.84 Å². The summed E-state index contributed by atoms with van der Waals surface area (Å²) in [6, 6.07) is 0. The van der Waals surface area contributed by atoms with E-state index in [9.17, 15) is 8.42 Å². The van der Waals surface area contributed by atoms with Crippen LogP contribution in [0, 0.1) is 11.3 Å². The fraction of sp³-hybridized carbons (Fsp3) is 1.00. The van der Waals surface area contributed by atoms with Crippen LogP contribution in [0.3, 0.4) is 0 Å². The van der Waals surface area contributed by atoms with Crippen LogP contribution < -0.4 is 5.73 Å². The molecule has 0 spiro atoms. The first kappa shape index (κ1) is 16.6. The number of thioether (sulfide) groups is 1. The predicted octanol–water partition coefficient (Wildman–Crippen LogP) is 1.56. The second-order valence-electron chi connectivity index (χ2n) is 6.74. The van der Waals surface area contributed by atoms with Crippen molar-refractivity contribution < 1.29 is 8.42 Å². The van der Waals surface area contributed by atoms with Crippen molar-refractivity contribution in [3.05, 3.63) is 0 Å². The smallest absolute Gasteiger partial charge is 0.164 e. The van der Waals surface area contributed by atoms with E-state index < -0.39 is 9.84 Å². The van der Waals surface area contributed by atoms with Crippen LogP contribution in [0.5, 0.6) is 0 Å². The number of nitrogens with zero attached hydrogens (tertiary/aromatic N) is 1. The van der Waals surface area contributed by atoms with E-state index in [1.54, 1.807) is 11.8 Å². The average molecular weight is 321 g/mol. The van der Waals surface area contributed by atoms with Gasteiger partial charge in [-0.25, -0.2) is 8.42 Å². The molecule has 0 radical (unpaired) electrons. The van der Waals surface area contributed by atoms with Crippen LogP contribution >= 0.6 is 11.8 Å². The molecular weight excluding hydrogens is 292 g/mol. The lowest BCUT2D eigenvalue weighted by Gasteiger charge is -2.45. The molecule has 20 heavy (non-hydrogen) atoms. The molecule has 3 atom stereocenters. The molecule has 2 fully saturated rings. The van der Waals surface area contributed by atoms with E-state index in [-0.39, 0.29) is 10.8 Å². The van der Waals surface area contributed by atoms with Crippen LogP contribution in [-0.2, 0) is 9.84 Å². The zero-order valence-corrected chi connectivity index (χ0v) is 14.3. The van der Waals surface area contributed by atoms with Gasteiger partial charge in [0.05, 0.1) is 0 Å². The second-order valence-corrected chi connectivity index (χ2v) is 10.1. The monoisotopic (exact) mass is 320 g/mol. The van der Waals surface area contributed by atoms with Crippen LogP contribution in [0.15, 0.2) is 0 Å². The highest BCUT2D eigenvalue weighted by Crippen LogP contribution is 2.40. The van der Waals surface area contributed by atoms with Crippen LogP contribution in [0.1, 0.15) is 32.6 Å². The Kier molecular flexibility index (Phi) is 5.43. The molecule has 2 aliphatic rings. The quantitative estimate of drug-likeness (QED) is 0.852. The SMILES string of the molecule is CC1CCCC(CN)(CN2CCSCC2S(C)(=O)=O)C1. The first-order valence-corrected chi connectivity index (χ1v) is 10.7. The molecule has 0 aromatic rings. The molecule has 6 heteroatoms. The van der Waals surface area contributed by atoms with Gasteiger partial charge in [0.1, 0.15) is 5.37 Å². The number of sulfone groups is 1. The summed E-state index contributed by atoms with van der Waals surface area (Å²) in [6.45, 7) is 4.70. The molecule has 1 aliphatic carbocycles. The molecule has 1 saturated carbocycles. The standard InChI is InChI=1S/C14H28N2O2S2/c1-12-4-3-5-14(8-12,10-15)11-16-6-7-19-9-13(16)20(2,17)18/h12-13H,3-11,15H2,1-2H3. The summed E-state index contributed by atoms with van der Waals surface area (Å²) in [7, 11) is -3.01. The van der Waals surface area contributed by atoms with Gasteiger partial charge in [0.2, 0.25) is 0 Å². The maximum Gasteiger partial charge on any atom is 0.164 e. The molecule has 0 amide bonds. The summed E-state index contributed by atoms with van der Waals surface area (Å²) in [5.74, 6) is 2.44. The maximum absolute atomic E-state index is 12.0. The lowest BCUT2D eigenvalue weighted by atomic mass is 9.69. The Bertz CT molecular complexity index is 427. The number of rotatable bonds is 4. The average Bonchev–Trinajstić information content (AvgIpc) is 2.38. The number of hydrogen-bond donors (Lipinski definition) is 1. The van der Waals surface area contributed by atoms with E-state index >= 15 is 0 Å². The van der Waals surface area contributed by atoms with Gasteiger partial charge in [-0.15, -0.1) is 0 Å². The molecule has 2 rings (SSSR count). The van der Waals surface area contributed by atoms with Crippen molar-refractivity contribution in [3.8, 4) is 0 Å². The van der Waals surface area contributed by atoms with Crippen LogP contribution in [0.2, 0.25) is 0 Å². The van der Waals surface area contributed by atoms with E-state index in [2.05, 4.69) is 11.8 Å². The van der Waals surface area contributed by atoms with E-state index in [0.29, 0.717) is 18.2 Å². The summed E-state index contributed by atoms with van der Waals surface area (Å²) < 4.78 is 24.0. The van der Waals surface area contributed by atoms with Gasteiger partial charge >= 0.3 is 0 Å². The Morgan fingerprint density at radius 1 is 1.45 bits per heavy atom. The van der Waals surface area contributed by atoms with Gasteiger partial charge in [0.25, 0.3) is 0 Å². The summed E-state index contributed by atoms with van der Waals surface area (Å²) in [5, 5.41) is -0.318. The fourth-order valence-corrected chi connectivity index (χ4v) is 6.73. The highest BCUT2D eigenvalue weighted by Gasteiger charge is 2.39. The van der Waals surface area contributed by atoms with E-state index in [0.717, 1.165) is 31.7 Å². The molecular formula is C14H28N2O2S2. The van der Waals surface area contributed by atoms with Crippen molar-refractivity contribution >= 4 is 21.6 Å². The Hall–Kier alpha value is 0.220. The summed E-state index contributed by atoms with van der Waals surface area (Å²) in [4.78, 5) is 2.19. The minimum absolute atomic E-state index is 0.128. The van der Waals surface area contributed by atoms with Crippen molar-refractivity contribution in [2.24, 2.45) is 17.1 Å². The van der Waals surface area contributed by atoms with Crippen LogP contribution in [0.4, 0.5) is 0 Å². The largest absolute Gasteiger partial charge is 0.330 e. The fourth-order valence-electron chi connectivity index (χ4n) is 3.78. The van der Waals surface area contributed by atoms with Crippen molar-refractivity contribution in [1.29, 1.82) is 0 Å². The molecule has 0 aromatic carbocycles. The molecule has 2 N–H and O–H groups in total. The third-order valence-corrected chi connectivity index (χ3v) is 7.53. The zero-order chi connectivity index (χ0) is 14.8. The van der Waals surface area contributed by atoms with Gasteiger partial charge in [-0.2, -0.15) is 11.8 Å². The van der Waals surface area contributed by atoms with E-state index in [1.165, 1.54) is 19.1 Å². The topological polar surface area (TPSA) is 63.4 Å². The minimum atomic E-state index is -3.01. The van der Waals surface area contributed by atoms with Gasteiger partial charge in [-0.1, -0.05) is 19.8 Å². The van der Waals surface area contributed by atoms with Crippen molar-refractivity contribution in [2.45, 2.75) is 38.0 Å². The second kappa shape index (κ2) is 6.55. The lowest BCUT2D eigenvalue weighted by Crippen LogP contribution is -2.53. The van der Waals surface area contributed by atoms with E-state index in [4.69, 9.17) is 5.73 Å². The van der Waals surface area contributed by atoms with Crippen molar-refractivity contribution in [3.63, 3.8) is 0 Å². The number of hydrogen-bond acceptors (Lipinski definition) is 5. The molecule has 4 nitrogen and oxygen atoms in total. The predicted molar refractivity (Wildman–Crippen MR) is 86.6 cm³/mol. The van der Waals surface area contributed by atoms with Gasteiger partial charge in [-0.3, -0.25) is 4.90 Å². The molecule has 1 heterocycles. The van der Waals surface area contributed by atoms with Crippen LogP contribution in [0.25, 0.3) is 0 Å². The Balaban J connectivity index is 2.12. The third kappa shape index (κ3) is 3.90. The maximum atomic E-state index is 12.0. The first-order chi connectivity index (χ1) is 9.36. The summed E-state index contributed by atoms with van der Waals surface area (Å²) in [5.41, 5.74) is 6.22. The van der Waals surface area contributed by atoms with Gasteiger partial charge in [-0.05, 0) is 30.7 Å². The summed E-state index contributed by atoms with van der Waals surface area (Å²) in [6.07, 6.45) is 6.17. The molecule has 118 valence electrons. The van der Waals surface area contributed by atoms with Crippen molar-refractivity contribution in [1.82, 2.24) is 4.90 Å².